The number of aromatic amines is 1. The Morgan fingerprint density at radius 2 is 1.68 bits per heavy atom. The Hall–Kier alpha value is -4.59. The number of hydrogen-bond acceptors (Lipinski definition) is 5. The van der Waals surface area contributed by atoms with Gasteiger partial charge in [0.15, 0.2) is 5.78 Å². The van der Waals surface area contributed by atoms with E-state index in [1.165, 1.54) is 23.8 Å². The molecule has 0 aliphatic heterocycles. The largest absolute Gasteiger partial charge is 0.497 e. The highest BCUT2D eigenvalue weighted by atomic mass is 16.5. The summed E-state index contributed by atoms with van der Waals surface area (Å²) >= 11 is 0. The zero-order valence-corrected chi connectivity index (χ0v) is 22.2. The third kappa shape index (κ3) is 4.98. The summed E-state index contributed by atoms with van der Waals surface area (Å²) in [6, 6.07) is 19.8. The van der Waals surface area contributed by atoms with Crippen molar-refractivity contribution in [2.24, 2.45) is 0 Å². The van der Waals surface area contributed by atoms with E-state index in [2.05, 4.69) is 5.10 Å². The number of nitrogens with zero attached hydrogens (tertiary/aromatic N) is 2. The van der Waals surface area contributed by atoms with Gasteiger partial charge in [-0.25, -0.2) is 4.68 Å². The van der Waals surface area contributed by atoms with Crippen LogP contribution in [0.2, 0.25) is 0 Å². The van der Waals surface area contributed by atoms with Gasteiger partial charge in [0.1, 0.15) is 17.1 Å². The van der Waals surface area contributed by atoms with Crippen molar-refractivity contribution in [2.45, 2.75) is 20.8 Å². The van der Waals surface area contributed by atoms with E-state index in [4.69, 9.17) is 9.47 Å². The molecular formula is C30H31N3O5. The van der Waals surface area contributed by atoms with E-state index < -0.39 is 11.3 Å². The number of ketones is 1. The molecule has 4 rings (SSSR count). The van der Waals surface area contributed by atoms with E-state index in [9.17, 15) is 14.4 Å². The molecule has 1 amide bonds. The second-order valence-corrected chi connectivity index (χ2v) is 8.90. The molecule has 4 aromatic rings. The van der Waals surface area contributed by atoms with Crippen molar-refractivity contribution in [1.82, 2.24) is 14.7 Å². The molecule has 8 heteroatoms. The van der Waals surface area contributed by atoms with Crippen molar-refractivity contribution in [3.8, 4) is 28.4 Å². The summed E-state index contributed by atoms with van der Waals surface area (Å²) in [6.07, 6.45) is 0. The molecule has 196 valence electrons. The summed E-state index contributed by atoms with van der Waals surface area (Å²) in [5.74, 6) is 0.0392. The Labute approximate surface area is 221 Å². The average Bonchev–Trinajstić information content (AvgIpc) is 3.29. The number of amides is 1. The second kappa shape index (κ2) is 11.2. The molecule has 38 heavy (non-hydrogen) atoms. The first-order valence-corrected chi connectivity index (χ1v) is 12.3. The first-order chi connectivity index (χ1) is 18.3. The van der Waals surface area contributed by atoms with Crippen molar-refractivity contribution in [3.05, 3.63) is 99.3 Å². The highest BCUT2D eigenvalue weighted by Gasteiger charge is 2.27. The number of carbonyl (C=O) groups excluding carboxylic acids is 2. The number of hydrogen-bond donors (Lipinski definition) is 1. The van der Waals surface area contributed by atoms with Gasteiger partial charge in [0, 0.05) is 18.2 Å². The van der Waals surface area contributed by atoms with Gasteiger partial charge in [-0.15, -0.1) is 0 Å². The van der Waals surface area contributed by atoms with Crippen molar-refractivity contribution in [1.29, 1.82) is 0 Å². The third-order valence-electron chi connectivity index (χ3n) is 6.69. The maximum absolute atomic E-state index is 13.7. The number of ether oxygens (including phenoxy) is 2. The number of Topliss-reactive ketones (excluding diaryl/α,β-unsaturated/α-hetero) is 1. The van der Waals surface area contributed by atoms with Crippen LogP contribution < -0.4 is 15.0 Å². The SMILES string of the molecule is CCN(CC(=O)c1c(-c2ccccc2)[nH]n(-c2cccc(C)c2C)c1=O)C(=O)c1ccc(OC)cc1OC. The molecule has 0 unspecified atom stereocenters. The monoisotopic (exact) mass is 513 g/mol. The van der Waals surface area contributed by atoms with Crippen LogP contribution in [0.1, 0.15) is 38.8 Å². The van der Waals surface area contributed by atoms with Gasteiger partial charge in [-0.1, -0.05) is 42.5 Å². The molecule has 8 nitrogen and oxygen atoms in total. The van der Waals surface area contributed by atoms with Gasteiger partial charge in [0.2, 0.25) is 0 Å². The Bertz CT molecular complexity index is 1540. The molecule has 1 aromatic heterocycles. The van der Waals surface area contributed by atoms with Crippen LogP contribution in [0, 0.1) is 13.8 Å². The van der Waals surface area contributed by atoms with Gasteiger partial charge in [-0.2, -0.15) is 0 Å². The van der Waals surface area contributed by atoms with Gasteiger partial charge in [-0.3, -0.25) is 19.5 Å². The molecule has 1 N–H and O–H groups in total. The molecule has 0 aliphatic rings. The second-order valence-electron chi connectivity index (χ2n) is 8.90. The summed E-state index contributed by atoms with van der Waals surface area (Å²) in [5.41, 5.74) is 3.56. The zero-order valence-electron chi connectivity index (χ0n) is 22.2. The lowest BCUT2D eigenvalue weighted by atomic mass is 10.0. The number of nitrogens with one attached hydrogen (secondary N) is 1. The highest BCUT2D eigenvalue weighted by Crippen LogP contribution is 2.27. The summed E-state index contributed by atoms with van der Waals surface area (Å²) in [4.78, 5) is 42.3. The fraction of sp³-hybridized carbons (Fsp3) is 0.233. The van der Waals surface area contributed by atoms with Gasteiger partial charge >= 0.3 is 0 Å². The lowest BCUT2D eigenvalue weighted by molar-refractivity contribution is 0.0715. The minimum atomic E-state index is -0.465. The van der Waals surface area contributed by atoms with Crippen molar-refractivity contribution in [2.75, 3.05) is 27.3 Å². The average molecular weight is 514 g/mol. The number of rotatable bonds is 9. The summed E-state index contributed by atoms with van der Waals surface area (Å²) in [7, 11) is 2.99. The molecule has 0 aliphatic carbocycles. The third-order valence-corrected chi connectivity index (χ3v) is 6.69. The highest BCUT2D eigenvalue weighted by molar-refractivity contribution is 6.06. The van der Waals surface area contributed by atoms with E-state index in [-0.39, 0.29) is 24.6 Å². The number of carbonyl (C=O) groups is 2. The molecule has 3 aromatic carbocycles. The molecule has 0 radical (unpaired) electrons. The molecule has 0 saturated heterocycles. The molecule has 1 heterocycles. The van der Waals surface area contributed by atoms with Crippen LogP contribution >= 0.6 is 0 Å². The quantitative estimate of drug-likeness (QED) is 0.324. The predicted octanol–water partition coefficient (Wildman–Crippen LogP) is 4.81. The Kier molecular flexibility index (Phi) is 7.81. The molecule has 0 bridgehead atoms. The van der Waals surface area contributed by atoms with Crippen LogP contribution in [-0.2, 0) is 0 Å². The van der Waals surface area contributed by atoms with Crippen LogP contribution in [-0.4, -0.2) is 53.7 Å². The summed E-state index contributed by atoms with van der Waals surface area (Å²) in [5, 5.41) is 3.16. The summed E-state index contributed by atoms with van der Waals surface area (Å²) in [6.45, 7) is 5.67. The molecule has 0 saturated carbocycles. The van der Waals surface area contributed by atoms with E-state index in [1.54, 1.807) is 25.1 Å². The zero-order chi connectivity index (χ0) is 27.4. The maximum Gasteiger partial charge on any atom is 0.282 e. The van der Waals surface area contributed by atoms with Crippen LogP contribution in [0.15, 0.2) is 71.5 Å². The van der Waals surface area contributed by atoms with E-state index in [0.29, 0.717) is 34.0 Å². The Morgan fingerprint density at radius 3 is 2.34 bits per heavy atom. The van der Waals surface area contributed by atoms with Gasteiger partial charge < -0.3 is 14.4 Å². The Balaban J connectivity index is 1.76. The Morgan fingerprint density at radius 1 is 0.947 bits per heavy atom. The minimum Gasteiger partial charge on any atom is -0.497 e. The number of aryl methyl sites for hydroxylation is 1. The fourth-order valence-electron chi connectivity index (χ4n) is 4.38. The van der Waals surface area contributed by atoms with Gasteiger partial charge in [-0.05, 0) is 50.1 Å². The number of aromatic nitrogens is 2. The predicted molar refractivity (Wildman–Crippen MR) is 147 cm³/mol. The van der Waals surface area contributed by atoms with E-state index >= 15 is 0 Å². The van der Waals surface area contributed by atoms with Crippen LogP contribution in [0.3, 0.4) is 0 Å². The van der Waals surface area contributed by atoms with Crippen LogP contribution in [0.5, 0.6) is 11.5 Å². The van der Waals surface area contributed by atoms with Gasteiger partial charge in [0.25, 0.3) is 11.5 Å². The lowest BCUT2D eigenvalue weighted by Crippen LogP contribution is -2.37. The van der Waals surface area contributed by atoms with E-state index in [1.807, 2.05) is 62.4 Å². The number of benzene rings is 3. The number of H-pyrrole nitrogens is 1. The first-order valence-electron chi connectivity index (χ1n) is 12.3. The maximum atomic E-state index is 13.7. The first kappa shape index (κ1) is 26.5. The molecular weight excluding hydrogens is 482 g/mol. The van der Waals surface area contributed by atoms with Crippen molar-refractivity contribution >= 4 is 11.7 Å². The molecule has 0 fully saturated rings. The van der Waals surface area contributed by atoms with Crippen LogP contribution in [0.25, 0.3) is 16.9 Å². The number of methoxy groups -OCH3 is 2. The van der Waals surface area contributed by atoms with Crippen molar-refractivity contribution < 1.29 is 19.1 Å². The summed E-state index contributed by atoms with van der Waals surface area (Å²) < 4.78 is 12.0. The fourth-order valence-corrected chi connectivity index (χ4v) is 4.38. The normalized spacial score (nSPS) is 10.8. The molecule has 0 spiro atoms. The topological polar surface area (TPSA) is 93.6 Å². The standard InChI is InChI=1S/C30H31N3O5/c1-6-32(29(35)23-16-15-22(37-4)17-26(23)38-5)18-25(34)27-28(21-12-8-7-9-13-21)31-33(30(27)36)24-14-10-11-19(2)20(24)3/h7-17,31H,6,18H2,1-5H3. The molecule has 0 atom stereocenters. The van der Waals surface area contributed by atoms with Crippen molar-refractivity contribution in [3.63, 3.8) is 0 Å². The minimum absolute atomic E-state index is 0.00468. The number of likely N-dealkylation sites (N-methyl/N-ethyl adjacent to an activating group) is 1. The van der Waals surface area contributed by atoms with Gasteiger partial charge in [0.05, 0.1) is 37.7 Å². The van der Waals surface area contributed by atoms with E-state index in [0.717, 1.165) is 11.1 Å². The van der Waals surface area contributed by atoms with Crippen LogP contribution in [0.4, 0.5) is 0 Å². The lowest BCUT2D eigenvalue weighted by Gasteiger charge is -2.21. The smallest absolute Gasteiger partial charge is 0.282 e.